The van der Waals surface area contributed by atoms with Gasteiger partial charge in [0.1, 0.15) is 0 Å². The number of hydrogen-bond donors (Lipinski definition) is 0. The van der Waals surface area contributed by atoms with Crippen LogP contribution in [-0.4, -0.2) is 88.9 Å². The lowest BCUT2D eigenvalue weighted by molar-refractivity contribution is -0.169. The number of hydroxylamine groups is 2. The van der Waals surface area contributed by atoms with Crippen molar-refractivity contribution in [1.82, 2.24) is 9.96 Å². The minimum Gasteiger partial charge on any atom is -0.378 e. The van der Waals surface area contributed by atoms with Gasteiger partial charge in [-0.25, -0.2) is 0 Å². The first-order chi connectivity index (χ1) is 10.9. The summed E-state index contributed by atoms with van der Waals surface area (Å²) in [5.41, 5.74) is 0. The standard InChI is InChI=1S/C16H26N2O4/c1-3-5-17-7-10-19-13-14-21-12-9-18(6-4-2)22-16-15-20-11-8-17/h1-2H,5-16H2. The molecule has 0 N–H and O–H groups in total. The number of hydrogen-bond acceptors (Lipinski definition) is 6. The van der Waals surface area contributed by atoms with Crippen molar-refractivity contribution in [2.75, 3.05) is 79.0 Å². The Morgan fingerprint density at radius 1 is 0.682 bits per heavy atom. The molecule has 0 aromatic heterocycles. The Bertz CT molecular complexity index is 317. The Balaban J connectivity index is 2.35. The normalized spacial score (nSPS) is 21.7. The van der Waals surface area contributed by atoms with Crippen molar-refractivity contribution in [3.8, 4) is 24.7 Å². The zero-order valence-corrected chi connectivity index (χ0v) is 13.2. The summed E-state index contributed by atoms with van der Waals surface area (Å²) >= 11 is 0. The Hall–Kier alpha value is -1.12. The maximum atomic E-state index is 5.57. The maximum absolute atomic E-state index is 5.57. The summed E-state index contributed by atoms with van der Waals surface area (Å²) in [5.74, 6) is 5.21. The highest BCUT2D eigenvalue weighted by atomic mass is 16.7. The summed E-state index contributed by atoms with van der Waals surface area (Å²) in [7, 11) is 0. The molecule has 22 heavy (non-hydrogen) atoms. The highest BCUT2D eigenvalue weighted by molar-refractivity contribution is 4.88. The van der Waals surface area contributed by atoms with Gasteiger partial charge >= 0.3 is 0 Å². The SMILES string of the molecule is C#CCN1CCOCCOCCN(CC#C)OCCOCC1. The lowest BCUT2D eigenvalue weighted by Gasteiger charge is -2.22. The fourth-order valence-corrected chi connectivity index (χ4v) is 1.89. The van der Waals surface area contributed by atoms with Crippen molar-refractivity contribution in [2.24, 2.45) is 0 Å². The highest BCUT2D eigenvalue weighted by Crippen LogP contribution is 1.94. The van der Waals surface area contributed by atoms with Crippen LogP contribution in [0.2, 0.25) is 0 Å². The van der Waals surface area contributed by atoms with E-state index in [9.17, 15) is 0 Å². The average Bonchev–Trinajstić information content (AvgIpc) is 2.51. The molecule has 124 valence electrons. The van der Waals surface area contributed by atoms with E-state index < -0.39 is 0 Å². The summed E-state index contributed by atoms with van der Waals surface area (Å²) in [6, 6.07) is 0. The van der Waals surface area contributed by atoms with Gasteiger partial charge in [0.15, 0.2) is 0 Å². The van der Waals surface area contributed by atoms with Gasteiger partial charge in [-0.3, -0.25) is 9.74 Å². The molecule has 0 aliphatic carbocycles. The third-order valence-corrected chi connectivity index (χ3v) is 3.04. The van der Waals surface area contributed by atoms with E-state index in [-0.39, 0.29) is 0 Å². The van der Waals surface area contributed by atoms with Crippen LogP contribution in [-0.2, 0) is 19.0 Å². The molecular formula is C16H26N2O4. The second-order valence-electron chi connectivity index (χ2n) is 4.72. The van der Waals surface area contributed by atoms with Crippen LogP contribution < -0.4 is 0 Å². The van der Waals surface area contributed by atoms with Crippen molar-refractivity contribution in [1.29, 1.82) is 0 Å². The second-order valence-corrected chi connectivity index (χ2v) is 4.72. The van der Waals surface area contributed by atoms with Crippen molar-refractivity contribution in [2.45, 2.75) is 0 Å². The summed E-state index contributed by atoms with van der Waals surface area (Å²) in [5, 5.41) is 1.71. The van der Waals surface area contributed by atoms with Gasteiger partial charge in [0.2, 0.25) is 0 Å². The molecule has 6 heteroatoms. The Kier molecular flexibility index (Phi) is 11.6. The van der Waals surface area contributed by atoms with Crippen LogP contribution in [0.4, 0.5) is 0 Å². The fourth-order valence-electron chi connectivity index (χ4n) is 1.89. The molecule has 1 fully saturated rings. The molecule has 0 bridgehead atoms. The molecule has 0 spiro atoms. The van der Waals surface area contributed by atoms with E-state index in [4.69, 9.17) is 31.9 Å². The van der Waals surface area contributed by atoms with E-state index in [2.05, 4.69) is 16.7 Å². The third-order valence-electron chi connectivity index (χ3n) is 3.04. The lowest BCUT2D eigenvalue weighted by Crippen LogP contribution is -2.33. The number of terminal acetylenes is 2. The van der Waals surface area contributed by atoms with Crippen LogP contribution in [0, 0.1) is 24.7 Å². The van der Waals surface area contributed by atoms with Crippen molar-refractivity contribution < 1.29 is 19.0 Å². The van der Waals surface area contributed by atoms with E-state index in [0.717, 1.165) is 13.1 Å². The van der Waals surface area contributed by atoms with Gasteiger partial charge in [0.25, 0.3) is 0 Å². The average molecular weight is 310 g/mol. The molecule has 1 rings (SSSR count). The van der Waals surface area contributed by atoms with Gasteiger partial charge in [-0.1, -0.05) is 11.8 Å². The van der Waals surface area contributed by atoms with Gasteiger partial charge in [-0.15, -0.1) is 12.8 Å². The molecule has 6 nitrogen and oxygen atoms in total. The zero-order chi connectivity index (χ0) is 15.9. The Morgan fingerprint density at radius 2 is 1.23 bits per heavy atom. The topological polar surface area (TPSA) is 43.4 Å². The van der Waals surface area contributed by atoms with Gasteiger partial charge in [-0.05, 0) is 0 Å². The first-order valence-electron chi connectivity index (χ1n) is 7.57. The minimum atomic E-state index is 0.426. The summed E-state index contributed by atoms with van der Waals surface area (Å²) < 4.78 is 16.6. The van der Waals surface area contributed by atoms with E-state index in [1.165, 1.54) is 0 Å². The van der Waals surface area contributed by atoms with Crippen LogP contribution in [0.15, 0.2) is 0 Å². The fraction of sp³-hybridized carbons (Fsp3) is 0.750. The molecule has 0 aromatic carbocycles. The molecule has 1 heterocycles. The van der Waals surface area contributed by atoms with Crippen LogP contribution in [0.3, 0.4) is 0 Å². The second kappa shape index (κ2) is 13.5. The Labute approximate surface area is 133 Å². The number of rotatable bonds is 2. The first-order valence-corrected chi connectivity index (χ1v) is 7.57. The summed E-state index contributed by atoms with van der Waals surface area (Å²) in [4.78, 5) is 7.69. The van der Waals surface area contributed by atoms with Gasteiger partial charge < -0.3 is 14.2 Å². The predicted octanol–water partition coefficient (Wildman–Crippen LogP) is -0.148. The van der Waals surface area contributed by atoms with Gasteiger partial charge in [0.05, 0.1) is 59.3 Å². The smallest absolute Gasteiger partial charge is 0.0919 e. The van der Waals surface area contributed by atoms with E-state index in [1.807, 2.05) is 0 Å². The monoisotopic (exact) mass is 310 g/mol. The van der Waals surface area contributed by atoms with Gasteiger partial charge in [0, 0.05) is 19.6 Å². The quantitative estimate of drug-likeness (QED) is 0.661. The molecule has 0 saturated carbocycles. The molecule has 0 amide bonds. The third kappa shape index (κ3) is 9.75. The minimum absolute atomic E-state index is 0.426. The van der Waals surface area contributed by atoms with Crippen molar-refractivity contribution in [3.63, 3.8) is 0 Å². The van der Waals surface area contributed by atoms with Crippen molar-refractivity contribution in [3.05, 3.63) is 0 Å². The highest BCUT2D eigenvalue weighted by Gasteiger charge is 2.06. The molecule has 1 aliphatic heterocycles. The number of nitrogens with zero attached hydrogens (tertiary/aromatic N) is 2. The number of ether oxygens (including phenoxy) is 3. The molecule has 0 radical (unpaired) electrons. The summed E-state index contributed by atoms with van der Waals surface area (Å²) in [6.45, 7) is 7.13. The predicted molar refractivity (Wildman–Crippen MR) is 84.1 cm³/mol. The van der Waals surface area contributed by atoms with Gasteiger partial charge in [-0.2, -0.15) is 5.06 Å². The van der Waals surface area contributed by atoms with Crippen LogP contribution in [0.25, 0.3) is 0 Å². The van der Waals surface area contributed by atoms with E-state index >= 15 is 0 Å². The molecule has 0 atom stereocenters. The van der Waals surface area contributed by atoms with E-state index in [0.29, 0.717) is 65.9 Å². The molecule has 1 aliphatic rings. The molecular weight excluding hydrogens is 284 g/mol. The zero-order valence-electron chi connectivity index (χ0n) is 13.2. The van der Waals surface area contributed by atoms with Crippen LogP contribution in [0.5, 0.6) is 0 Å². The van der Waals surface area contributed by atoms with Crippen molar-refractivity contribution >= 4 is 0 Å². The largest absolute Gasteiger partial charge is 0.378 e. The first kappa shape index (κ1) is 18.9. The lowest BCUT2D eigenvalue weighted by atomic mass is 10.4. The maximum Gasteiger partial charge on any atom is 0.0919 e. The summed E-state index contributed by atoms with van der Waals surface area (Å²) in [6.07, 6.45) is 10.7. The molecule has 0 aromatic rings. The van der Waals surface area contributed by atoms with Crippen LogP contribution in [0.1, 0.15) is 0 Å². The molecule has 1 saturated heterocycles. The van der Waals surface area contributed by atoms with E-state index in [1.54, 1.807) is 5.06 Å². The molecule has 0 unspecified atom stereocenters. The Morgan fingerprint density at radius 3 is 1.82 bits per heavy atom. The van der Waals surface area contributed by atoms with Crippen LogP contribution >= 0.6 is 0 Å².